The van der Waals surface area contributed by atoms with Gasteiger partial charge in [0.15, 0.2) is 17.4 Å². The van der Waals surface area contributed by atoms with Crippen molar-refractivity contribution < 1.29 is 27.7 Å². The Kier molecular flexibility index (Phi) is 13.1. The lowest BCUT2D eigenvalue weighted by Crippen LogP contribution is -2.38. The summed E-state index contributed by atoms with van der Waals surface area (Å²) >= 11 is 0. The molecule has 0 saturated carbocycles. The zero-order chi connectivity index (χ0) is 21.7. The predicted molar refractivity (Wildman–Crippen MR) is 117 cm³/mol. The molecule has 0 amide bonds. The van der Waals surface area contributed by atoms with Crippen LogP contribution in [0.1, 0.15) is 34.6 Å². The van der Waals surface area contributed by atoms with Gasteiger partial charge in [-0.25, -0.2) is 8.78 Å². The number of alkyl halides is 2. The van der Waals surface area contributed by atoms with Crippen molar-refractivity contribution in [2.45, 2.75) is 57.2 Å². The van der Waals surface area contributed by atoms with E-state index < -0.39 is 53.4 Å². The van der Waals surface area contributed by atoms with E-state index in [4.69, 9.17) is 13.8 Å². The first-order valence-corrected chi connectivity index (χ1v) is 10.6. The van der Waals surface area contributed by atoms with Gasteiger partial charge in [-0.2, -0.15) is 0 Å². The summed E-state index contributed by atoms with van der Waals surface area (Å²) < 4.78 is 43.8. The minimum absolute atomic E-state index is 0.475. The van der Waals surface area contributed by atoms with Crippen LogP contribution in [-0.4, -0.2) is 48.8 Å². The van der Waals surface area contributed by atoms with Crippen molar-refractivity contribution in [2.24, 2.45) is 0 Å². The number of hydrogen-bond donors (Lipinski definition) is 1. The molecule has 156 valence electrons. The van der Waals surface area contributed by atoms with Gasteiger partial charge in [0.2, 0.25) is 0 Å². The molecule has 0 aromatic rings. The first-order chi connectivity index (χ1) is 13.1. The van der Waals surface area contributed by atoms with E-state index in [0.717, 1.165) is 0 Å². The molecule has 0 aliphatic heterocycles. The number of halogens is 2. The number of allylic oxidation sites excluding steroid dienone is 2. The van der Waals surface area contributed by atoms with Gasteiger partial charge >= 0.3 is 0 Å². The van der Waals surface area contributed by atoms with E-state index in [1.165, 1.54) is 6.08 Å². The van der Waals surface area contributed by atoms with E-state index >= 15 is 0 Å². The van der Waals surface area contributed by atoms with Crippen LogP contribution in [0.3, 0.4) is 0 Å². The maximum atomic E-state index is 14.4. The maximum Gasteiger partial charge on any atom is 0.261 e. The Morgan fingerprint density at radius 3 is 2.21 bits per heavy atom. The molecule has 0 aromatic heterocycles. The fraction of sp³-hybridized carbons (Fsp3) is 0.579. The second kappa shape index (κ2) is 13.4. The van der Waals surface area contributed by atoms with Crippen LogP contribution < -0.4 is 0 Å². The number of ether oxygens (including phenoxy) is 1. The molecule has 1 N–H and O–H groups in total. The van der Waals surface area contributed by atoms with Gasteiger partial charge in [-0.15, -0.1) is 11.8 Å². The van der Waals surface area contributed by atoms with Crippen LogP contribution in [-0.2, 0) is 13.8 Å². The molecule has 28 heavy (non-hydrogen) atoms. The van der Waals surface area contributed by atoms with Gasteiger partial charge in [0.05, 0.1) is 17.6 Å². The zero-order valence-electron chi connectivity index (χ0n) is 17.2. The van der Waals surface area contributed by atoms with Gasteiger partial charge in [0.1, 0.15) is 14.5 Å². The quantitative estimate of drug-likeness (QED) is 0.222. The van der Waals surface area contributed by atoms with Gasteiger partial charge in [0, 0.05) is 6.00 Å². The third kappa shape index (κ3) is 10.1. The van der Waals surface area contributed by atoms with Crippen LogP contribution in [0.25, 0.3) is 0 Å². The van der Waals surface area contributed by atoms with Gasteiger partial charge < -0.3 is 18.9 Å². The summed E-state index contributed by atoms with van der Waals surface area (Å²) in [7, 11) is 0.661. The number of rotatable bonds is 12. The van der Waals surface area contributed by atoms with E-state index in [1.807, 2.05) is 0 Å². The fourth-order valence-corrected chi connectivity index (χ4v) is 4.15. The Morgan fingerprint density at radius 2 is 1.75 bits per heavy atom. The molecule has 0 fully saturated rings. The number of hydrogen-bond acceptors (Lipinski definition) is 4. The molecule has 0 rings (SSSR count). The van der Waals surface area contributed by atoms with Crippen LogP contribution in [0.4, 0.5) is 8.78 Å². The largest absolute Gasteiger partial charge is 0.369 e. The Morgan fingerprint density at radius 1 is 1.14 bits per heavy atom. The van der Waals surface area contributed by atoms with Crippen LogP contribution in [0.15, 0.2) is 24.3 Å². The summed E-state index contributed by atoms with van der Waals surface area (Å²) in [6.07, 6.45) is 6.57. The monoisotopic (exact) mass is 432 g/mol. The maximum absolute atomic E-state index is 14.4. The van der Waals surface area contributed by atoms with Crippen molar-refractivity contribution in [1.29, 1.82) is 0 Å². The Hall–Kier alpha value is -0.775. The van der Waals surface area contributed by atoms with Gasteiger partial charge in [-0.05, 0) is 46.8 Å². The van der Waals surface area contributed by atoms with Crippen LogP contribution in [0.2, 0.25) is 0 Å². The summed E-state index contributed by atoms with van der Waals surface area (Å²) in [6.45, 7) is 6.45. The smallest absolute Gasteiger partial charge is 0.261 e. The highest BCUT2D eigenvalue weighted by Crippen LogP contribution is 2.45. The minimum atomic E-state index is -2.54. The predicted octanol–water partition coefficient (Wildman–Crippen LogP) is 3.42. The Balaban J connectivity index is 5.40. The third-order valence-corrected chi connectivity index (χ3v) is 5.18. The average Bonchev–Trinajstić information content (AvgIpc) is 2.60. The molecule has 0 saturated heterocycles. The fourth-order valence-electron chi connectivity index (χ4n) is 2.07. The first-order valence-electron chi connectivity index (χ1n) is 8.78. The molecule has 4 unspecified atom stereocenters. The molecule has 4 nitrogen and oxygen atoms in total. The van der Waals surface area contributed by atoms with Crippen molar-refractivity contribution in [2.75, 3.05) is 13.3 Å². The normalized spacial score (nSPS) is 19.9. The van der Waals surface area contributed by atoms with Crippen LogP contribution in [0, 0.1) is 23.7 Å². The lowest BCUT2D eigenvalue weighted by atomic mass is 10.0. The van der Waals surface area contributed by atoms with E-state index in [2.05, 4.69) is 23.7 Å². The van der Waals surface area contributed by atoms with E-state index in [0.29, 0.717) is 0 Å². The third-order valence-electron chi connectivity index (χ3n) is 2.96. The van der Waals surface area contributed by atoms with E-state index in [-0.39, 0.29) is 0 Å². The molecule has 0 aliphatic carbocycles. The topological polar surface area (TPSA) is 47.9 Å². The summed E-state index contributed by atoms with van der Waals surface area (Å²) in [6, 6.07) is -0.496. The van der Waals surface area contributed by atoms with Gasteiger partial charge in [0.25, 0.3) is 5.85 Å². The zero-order valence-corrected chi connectivity index (χ0v) is 19.2. The molecule has 9 heteroatoms. The standard InChI is InChI=1S/C19H29BF2O4P2/c1-6-10-18(23,11-7-2)27-26-19(12-8-3,13-9-4)28-24-15-17(22,14-21)25-16(5)20/h6,8,10,12,16,23,27-28H,14-15,20H2,1-5H3/t16-,17+,18?,19?/m1/s1. The highest BCUT2D eigenvalue weighted by Gasteiger charge is 2.36. The van der Waals surface area contributed by atoms with Crippen molar-refractivity contribution >= 4 is 25.5 Å². The first kappa shape index (κ1) is 27.2. The summed E-state index contributed by atoms with van der Waals surface area (Å²) in [5.41, 5.74) is 0. The average molecular weight is 432 g/mol. The molecule has 0 radical (unpaired) electrons. The molecule has 0 spiro atoms. The lowest BCUT2D eigenvalue weighted by Gasteiger charge is -2.30. The highest BCUT2D eigenvalue weighted by atomic mass is 31.1. The van der Waals surface area contributed by atoms with E-state index in [9.17, 15) is 13.9 Å². The molecule has 0 bridgehead atoms. The molecular formula is C19H29BF2O4P2. The van der Waals surface area contributed by atoms with Gasteiger partial charge in [-0.3, -0.25) is 0 Å². The van der Waals surface area contributed by atoms with Crippen molar-refractivity contribution in [1.82, 2.24) is 0 Å². The summed E-state index contributed by atoms with van der Waals surface area (Å²) in [4.78, 5) is 0. The molecule has 0 aromatic carbocycles. The lowest BCUT2D eigenvalue weighted by molar-refractivity contribution is -0.181. The second-order valence-corrected chi connectivity index (χ2v) is 8.44. The summed E-state index contributed by atoms with van der Waals surface area (Å²) in [5.74, 6) is 8.48. The van der Waals surface area contributed by atoms with Crippen LogP contribution >= 0.6 is 17.6 Å². The second-order valence-electron chi connectivity index (χ2n) is 6.03. The molecular weight excluding hydrogens is 403 g/mol. The Bertz CT molecular complexity index is 654. The number of aliphatic hydroxyl groups is 1. The molecule has 0 heterocycles. The molecule has 0 aliphatic rings. The SMILES string of the molecule is B[C@@H](C)O[C@@](F)(CF)COPC(C#CC)(C=CC)OPC(O)(C#CC)C=CC. The Labute approximate surface area is 172 Å². The van der Waals surface area contributed by atoms with Crippen LogP contribution in [0.5, 0.6) is 0 Å². The summed E-state index contributed by atoms with van der Waals surface area (Å²) in [5, 5.41) is 7.90. The minimum Gasteiger partial charge on any atom is -0.369 e. The molecule has 6 atom stereocenters. The highest BCUT2D eigenvalue weighted by molar-refractivity contribution is 7.38. The van der Waals surface area contributed by atoms with E-state index in [1.54, 1.807) is 60.7 Å². The van der Waals surface area contributed by atoms with Gasteiger partial charge in [-0.1, -0.05) is 24.0 Å². The van der Waals surface area contributed by atoms with Crippen molar-refractivity contribution in [3.8, 4) is 23.7 Å². The van der Waals surface area contributed by atoms with Crippen molar-refractivity contribution in [3.63, 3.8) is 0 Å². The van der Waals surface area contributed by atoms with Crippen molar-refractivity contribution in [3.05, 3.63) is 24.3 Å².